The molecule has 1 unspecified atom stereocenters. The second-order valence-electron chi connectivity index (χ2n) is 10.1. The Balaban J connectivity index is 1.80. The number of hydrogen-bond acceptors (Lipinski definition) is 4. The number of nitrogens with one attached hydrogen (secondary N) is 1. The lowest BCUT2D eigenvalue weighted by Gasteiger charge is -2.42. The van der Waals surface area contributed by atoms with Crippen LogP contribution in [0.2, 0.25) is 0 Å². The van der Waals surface area contributed by atoms with E-state index in [4.69, 9.17) is 4.74 Å². The lowest BCUT2D eigenvalue weighted by Crippen LogP contribution is -2.34. The maximum Gasteiger partial charge on any atom is 0.286 e. The zero-order chi connectivity index (χ0) is 22.6. The van der Waals surface area contributed by atoms with E-state index in [0.717, 1.165) is 35.1 Å². The molecule has 31 heavy (non-hydrogen) atoms. The summed E-state index contributed by atoms with van der Waals surface area (Å²) in [7, 11) is 1.69. The van der Waals surface area contributed by atoms with Crippen molar-refractivity contribution in [2.45, 2.75) is 70.0 Å². The van der Waals surface area contributed by atoms with Crippen molar-refractivity contribution in [2.75, 3.05) is 7.11 Å². The van der Waals surface area contributed by atoms with Crippen LogP contribution in [0.15, 0.2) is 30.3 Å². The van der Waals surface area contributed by atoms with E-state index in [1.165, 1.54) is 28.7 Å². The number of aryl methyl sites for hydroxylation is 1. The number of imide groups is 1. The van der Waals surface area contributed by atoms with Crippen LogP contribution < -0.4 is 10.1 Å². The van der Waals surface area contributed by atoms with Gasteiger partial charge in [0.25, 0.3) is 5.24 Å². The van der Waals surface area contributed by atoms with Crippen LogP contribution in [-0.4, -0.2) is 23.5 Å². The number of carbonyl (C=O) groups is 2. The number of hydrogen-bond donors (Lipinski definition) is 1. The third-order valence-electron chi connectivity index (χ3n) is 6.94. The average molecular weight is 438 g/mol. The standard InChI is InChI=1S/C26H31NO3S/c1-15-11-19-20(26(4,5)10-9-25(19,2)3)14-17(15)18-12-16(7-8-21(18)30-6)13-22-23(28)27-24(29)31-22/h7-8,11-12,14,22H,9-10,13H2,1-6H3,(H,27,28,29). The summed E-state index contributed by atoms with van der Waals surface area (Å²) in [6.45, 7) is 11.5. The molecule has 2 aromatic rings. The lowest BCUT2D eigenvalue weighted by atomic mass is 9.62. The van der Waals surface area contributed by atoms with Gasteiger partial charge in [-0.1, -0.05) is 51.6 Å². The van der Waals surface area contributed by atoms with Crippen molar-refractivity contribution in [3.05, 3.63) is 52.6 Å². The number of rotatable bonds is 4. The van der Waals surface area contributed by atoms with Gasteiger partial charge in [0.05, 0.1) is 12.4 Å². The molecule has 1 heterocycles. The number of fused-ring (bicyclic) bond motifs is 1. The fraction of sp³-hybridized carbons (Fsp3) is 0.462. The molecule has 1 aliphatic heterocycles. The van der Waals surface area contributed by atoms with Crippen LogP contribution in [0.3, 0.4) is 0 Å². The highest BCUT2D eigenvalue weighted by atomic mass is 32.2. The van der Waals surface area contributed by atoms with Crippen LogP contribution in [0.5, 0.6) is 5.75 Å². The van der Waals surface area contributed by atoms with Crippen molar-refractivity contribution in [1.82, 2.24) is 5.32 Å². The quantitative estimate of drug-likeness (QED) is 0.646. The molecule has 0 saturated carbocycles. The van der Waals surface area contributed by atoms with E-state index in [-0.39, 0.29) is 27.2 Å². The number of benzene rings is 2. The normalized spacial score (nSPS) is 21.5. The molecule has 1 atom stereocenters. The first-order chi connectivity index (χ1) is 14.5. The largest absolute Gasteiger partial charge is 0.496 e. The Morgan fingerprint density at radius 1 is 1.00 bits per heavy atom. The maximum absolute atomic E-state index is 12.0. The summed E-state index contributed by atoms with van der Waals surface area (Å²) in [4.78, 5) is 23.6. The minimum Gasteiger partial charge on any atom is -0.496 e. The molecule has 1 aliphatic carbocycles. The monoisotopic (exact) mass is 437 g/mol. The van der Waals surface area contributed by atoms with E-state index in [2.05, 4.69) is 58.1 Å². The molecule has 1 fully saturated rings. The molecule has 5 heteroatoms. The van der Waals surface area contributed by atoms with Crippen LogP contribution in [0.25, 0.3) is 11.1 Å². The smallest absolute Gasteiger partial charge is 0.286 e. The first-order valence-electron chi connectivity index (χ1n) is 10.9. The summed E-state index contributed by atoms with van der Waals surface area (Å²) in [5, 5.41) is 1.73. The van der Waals surface area contributed by atoms with Gasteiger partial charge in [0.1, 0.15) is 5.75 Å². The Hall–Kier alpha value is -2.27. The molecule has 164 valence electrons. The SMILES string of the molecule is COc1ccc(CC2SC(=O)NC2=O)cc1-c1cc2c(cc1C)C(C)(C)CCC2(C)C. The minimum atomic E-state index is -0.377. The molecular formula is C26H31NO3S. The maximum atomic E-state index is 12.0. The van der Waals surface area contributed by atoms with Gasteiger partial charge in [-0.2, -0.15) is 0 Å². The Kier molecular flexibility index (Phi) is 5.45. The second kappa shape index (κ2) is 7.70. The zero-order valence-electron chi connectivity index (χ0n) is 19.2. The van der Waals surface area contributed by atoms with Gasteiger partial charge in [0.15, 0.2) is 0 Å². The summed E-state index contributed by atoms with van der Waals surface area (Å²) in [6.07, 6.45) is 2.86. The fourth-order valence-electron chi connectivity index (χ4n) is 4.85. The van der Waals surface area contributed by atoms with Gasteiger partial charge in [-0.3, -0.25) is 14.9 Å². The molecule has 1 saturated heterocycles. The summed E-state index contributed by atoms with van der Waals surface area (Å²) in [5.74, 6) is 0.612. The summed E-state index contributed by atoms with van der Waals surface area (Å²) in [6, 6.07) is 10.8. The fourth-order valence-corrected chi connectivity index (χ4v) is 5.71. The van der Waals surface area contributed by atoms with Crippen LogP contribution in [0, 0.1) is 6.92 Å². The highest BCUT2D eigenvalue weighted by molar-refractivity contribution is 8.15. The van der Waals surface area contributed by atoms with Crippen molar-refractivity contribution >= 4 is 22.9 Å². The van der Waals surface area contributed by atoms with Gasteiger partial charge in [-0.15, -0.1) is 0 Å². The van der Waals surface area contributed by atoms with Gasteiger partial charge < -0.3 is 4.74 Å². The summed E-state index contributed by atoms with van der Waals surface area (Å²) >= 11 is 1.07. The van der Waals surface area contributed by atoms with Crippen LogP contribution in [0.4, 0.5) is 4.79 Å². The molecule has 2 aliphatic rings. The van der Waals surface area contributed by atoms with Crippen LogP contribution >= 0.6 is 11.8 Å². The number of methoxy groups -OCH3 is 1. The Morgan fingerprint density at radius 3 is 2.23 bits per heavy atom. The number of carbonyl (C=O) groups excluding carboxylic acids is 2. The van der Waals surface area contributed by atoms with Gasteiger partial charge in [0.2, 0.25) is 5.91 Å². The molecule has 0 radical (unpaired) electrons. The minimum absolute atomic E-state index is 0.122. The average Bonchev–Trinajstić information content (AvgIpc) is 3.02. The predicted molar refractivity (Wildman–Crippen MR) is 127 cm³/mol. The van der Waals surface area contributed by atoms with Gasteiger partial charge >= 0.3 is 0 Å². The molecule has 4 nitrogen and oxygen atoms in total. The van der Waals surface area contributed by atoms with Gasteiger partial charge in [-0.25, -0.2) is 0 Å². The first kappa shape index (κ1) is 21.9. The Morgan fingerprint density at radius 2 is 1.65 bits per heavy atom. The Labute approximate surface area is 189 Å². The van der Waals surface area contributed by atoms with Gasteiger partial charge in [0, 0.05) is 5.56 Å². The Bertz CT molecular complexity index is 1070. The molecule has 2 amide bonds. The molecular weight excluding hydrogens is 406 g/mol. The lowest BCUT2D eigenvalue weighted by molar-refractivity contribution is -0.118. The molecule has 0 aromatic heterocycles. The van der Waals surface area contributed by atoms with E-state index in [0.29, 0.717) is 6.42 Å². The number of amides is 2. The van der Waals surface area contributed by atoms with Crippen molar-refractivity contribution in [2.24, 2.45) is 0 Å². The summed E-state index contributed by atoms with van der Waals surface area (Å²) < 4.78 is 5.72. The number of ether oxygens (including phenoxy) is 1. The molecule has 1 N–H and O–H groups in total. The molecule has 4 rings (SSSR count). The summed E-state index contributed by atoms with van der Waals surface area (Å²) in [5.41, 5.74) is 7.59. The van der Waals surface area contributed by atoms with Crippen LogP contribution in [-0.2, 0) is 22.0 Å². The van der Waals surface area contributed by atoms with E-state index in [1.54, 1.807) is 7.11 Å². The molecule has 0 bridgehead atoms. The highest BCUT2D eigenvalue weighted by Gasteiger charge is 2.38. The number of thioether (sulfide) groups is 1. The molecule has 2 aromatic carbocycles. The third kappa shape index (κ3) is 4.00. The van der Waals surface area contributed by atoms with Crippen molar-refractivity contribution < 1.29 is 14.3 Å². The first-order valence-corrected chi connectivity index (χ1v) is 11.7. The van der Waals surface area contributed by atoms with E-state index >= 15 is 0 Å². The van der Waals surface area contributed by atoms with Gasteiger partial charge in [-0.05, 0) is 83.0 Å². The third-order valence-corrected chi connectivity index (χ3v) is 7.92. The topological polar surface area (TPSA) is 55.4 Å². The van der Waals surface area contributed by atoms with E-state index in [1.807, 2.05) is 12.1 Å². The second-order valence-corrected chi connectivity index (χ2v) is 11.3. The van der Waals surface area contributed by atoms with Crippen LogP contribution in [0.1, 0.15) is 62.8 Å². The van der Waals surface area contributed by atoms with Crippen molar-refractivity contribution in [3.8, 4) is 16.9 Å². The molecule has 0 spiro atoms. The van der Waals surface area contributed by atoms with Crippen molar-refractivity contribution in [1.29, 1.82) is 0 Å². The van der Waals surface area contributed by atoms with Crippen molar-refractivity contribution in [3.63, 3.8) is 0 Å². The highest BCUT2D eigenvalue weighted by Crippen LogP contribution is 2.48. The van der Waals surface area contributed by atoms with E-state index in [9.17, 15) is 9.59 Å². The zero-order valence-corrected chi connectivity index (χ0v) is 20.0. The predicted octanol–water partition coefficient (Wildman–Crippen LogP) is 5.91. The van der Waals surface area contributed by atoms with E-state index < -0.39 is 0 Å².